The zero-order chi connectivity index (χ0) is 17.2. The Bertz CT molecular complexity index is 737. The molecule has 3 heteroatoms. The van der Waals surface area contributed by atoms with Crippen LogP contribution in [0.2, 0.25) is 0 Å². The summed E-state index contributed by atoms with van der Waals surface area (Å²) in [5.74, 6) is 1.74. The summed E-state index contributed by atoms with van der Waals surface area (Å²) in [4.78, 5) is 15.3. The SMILES string of the molecule is CC(C1CCN(Cc2ccccc2)CC1)C1Cc2ccccc2C1=O.Cl. The number of piperidine rings is 1. The number of carbonyl (C=O) groups is 1. The van der Waals surface area contributed by atoms with Crippen LogP contribution in [0.15, 0.2) is 54.6 Å². The molecule has 0 bridgehead atoms. The molecule has 0 aromatic heterocycles. The maximum Gasteiger partial charge on any atom is 0.166 e. The van der Waals surface area contributed by atoms with Gasteiger partial charge in [-0.2, -0.15) is 0 Å². The van der Waals surface area contributed by atoms with Gasteiger partial charge in [0.25, 0.3) is 0 Å². The molecular weight excluding hydrogens is 342 g/mol. The van der Waals surface area contributed by atoms with E-state index in [1.165, 1.54) is 24.0 Å². The van der Waals surface area contributed by atoms with Crippen LogP contribution < -0.4 is 0 Å². The molecule has 1 heterocycles. The first-order valence-electron chi connectivity index (χ1n) is 9.61. The molecule has 2 atom stereocenters. The Labute approximate surface area is 163 Å². The predicted molar refractivity (Wildman–Crippen MR) is 109 cm³/mol. The van der Waals surface area contributed by atoms with Crippen LogP contribution in [-0.2, 0) is 13.0 Å². The van der Waals surface area contributed by atoms with Gasteiger partial charge >= 0.3 is 0 Å². The van der Waals surface area contributed by atoms with E-state index in [-0.39, 0.29) is 18.3 Å². The number of hydrogen-bond acceptors (Lipinski definition) is 2. The number of rotatable bonds is 4. The quantitative estimate of drug-likeness (QED) is 0.754. The summed E-state index contributed by atoms with van der Waals surface area (Å²) in [5, 5.41) is 0. The minimum absolute atomic E-state index is 0. The van der Waals surface area contributed by atoms with Gasteiger partial charge in [-0.05, 0) is 55.3 Å². The smallest absolute Gasteiger partial charge is 0.166 e. The molecular formula is C23H28ClNO. The summed E-state index contributed by atoms with van der Waals surface area (Å²) in [6.07, 6.45) is 3.38. The van der Waals surface area contributed by atoms with Crippen LogP contribution in [-0.4, -0.2) is 23.8 Å². The second-order valence-electron chi connectivity index (χ2n) is 7.79. The Balaban J connectivity index is 0.00000196. The van der Waals surface area contributed by atoms with Gasteiger partial charge in [0.1, 0.15) is 0 Å². The Morgan fingerprint density at radius 1 is 1.00 bits per heavy atom. The van der Waals surface area contributed by atoms with Crippen molar-refractivity contribution in [3.05, 3.63) is 71.3 Å². The highest BCUT2D eigenvalue weighted by molar-refractivity contribution is 6.02. The number of nitrogens with zero attached hydrogens (tertiary/aromatic N) is 1. The lowest BCUT2D eigenvalue weighted by Crippen LogP contribution is -2.37. The van der Waals surface area contributed by atoms with Crippen LogP contribution in [0, 0.1) is 17.8 Å². The fourth-order valence-corrected chi connectivity index (χ4v) is 4.70. The van der Waals surface area contributed by atoms with Crippen LogP contribution in [0.25, 0.3) is 0 Å². The third-order valence-corrected chi connectivity index (χ3v) is 6.32. The van der Waals surface area contributed by atoms with Crippen molar-refractivity contribution < 1.29 is 4.79 Å². The van der Waals surface area contributed by atoms with Gasteiger partial charge in [-0.3, -0.25) is 9.69 Å². The molecule has 2 unspecified atom stereocenters. The van der Waals surface area contributed by atoms with Gasteiger partial charge in [0.05, 0.1) is 0 Å². The Hall–Kier alpha value is -1.64. The molecule has 2 nitrogen and oxygen atoms in total. The number of benzene rings is 2. The number of halogens is 1. The number of hydrogen-bond donors (Lipinski definition) is 0. The highest BCUT2D eigenvalue weighted by Crippen LogP contribution is 2.38. The second-order valence-corrected chi connectivity index (χ2v) is 7.79. The Kier molecular flexibility index (Phi) is 6.16. The van der Waals surface area contributed by atoms with Crippen molar-refractivity contribution in [2.75, 3.05) is 13.1 Å². The minimum atomic E-state index is 0. The molecule has 1 fully saturated rings. The molecule has 1 aliphatic carbocycles. The molecule has 26 heavy (non-hydrogen) atoms. The molecule has 1 saturated heterocycles. The summed E-state index contributed by atoms with van der Waals surface area (Å²) in [5.41, 5.74) is 3.63. The standard InChI is InChI=1S/C23H27NO.ClH/c1-17(22-15-20-9-5-6-10-21(20)23(22)25)19-11-13-24(14-12-19)16-18-7-3-2-4-8-18;/h2-10,17,19,22H,11-16H2,1H3;1H. The molecule has 0 spiro atoms. The highest BCUT2D eigenvalue weighted by Gasteiger charge is 2.38. The van der Waals surface area contributed by atoms with Gasteiger partial charge in [-0.1, -0.05) is 61.5 Å². The van der Waals surface area contributed by atoms with Gasteiger partial charge in [-0.15, -0.1) is 12.4 Å². The molecule has 1 aliphatic heterocycles. The molecule has 0 amide bonds. The van der Waals surface area contributed by atoms with Crippen LogP contribution in [0.4, 0.5) is 0 Å². The van der Waals surface area contributed by atoms with E-state index in [4.69, 9.17) is 0 Å². The van der Waals surface area contributed by atoms with Gasteiger partial charge in [0, 0.05) is 18.0 Å². The van der Waals surface area contributed by atoms with Crippen LogP contribution >= 0.6 is 12.4 Å². The number of Topliss-reactive ketones (excluding diaryl/α,β-unsaturated/α-hetero) is 1. The maximum atomic E-state index is 12.8. The topological polar surface area (TPSA) is 20.3 Å². The van der Waals surface area contributed by atoms with Crippen molar-refractivity contribution in [3.63, 3.8) is 0 Å². The summed E-state index contributed by atoms with van der Waals surface area (Å²) in [6, 6.07) is 18.9. The van der Waals surface area contributed by atoms with Crippen LogP contribution in [0.5, 0.6) is 0 Å². The average Bonchev–Trinajstić information content (AvgIpc) is 3.00. The zero-order valence-corrected chi connectivity index (χ0v) is 16.3. The zero-order valence-electron chi connectivity index (χ0n) is 15.4. The van der Waals surface area contributed by atoms with E-state index in [1.54, 1.807) is 0 Å². The fourth-order valence-electron chi connectivity index (χ4n) is 4.70. The van der Waals surface area contributed by atoms with Crippen molar-refractivity contribution in [2.24, 2.45) is 17.8 Å². The summed E-state index contributed by atoms with van der Waals surface area (Å²) < 4.78 is 0. The van der Waals surface area contributed by atoms with Crippen molar-refractivity contribution >= 4 is 18.2 Å². The van der Waals surface area contributed by atoms with Crippen molar-refractivity contribution in [3.8, 4) is 0 Å². The van der Waals surface area contributed by atoms with Crippen molar-refractivity contribution in [1.82, 2.24) is 4.90 Å². The molecule has 0 radical (unpaired) electrons. The molecule has 2 aliphatic rings. The van der Waals surface area contributed by atoms with E-state index in [9.17, 15) is 4.79 Å². The van der Waals surface area contributed by atoms with Gasteiger partial charge in [-0.25, -0.2) is 0 Å². The number of likely N-dealkylation sites (tertiary alicyclic amines) is 1. The number of fused-ring (bicyclic) bond motifs is 1. The second kappa shape index (κ2) is 8.37. The van der Waals surface area contributed by atoms with Crippen molar-refractivity contribution in [1.29, 1.82) is 0 Å². The Morgan fingerprint density at radius 2 is 1.65 bits per heavy atom. The normalized spacial score (nSPS) is 21.9. The van der Waals surface area contributed by atoms with E-state index in [2.05, 4.69) is 54.3 Å². The third-order valence-electron chi connectivity index (χ3n) is 6.32. The predicted octanol–water partition coefficient (Wildman–Crippen LogP) is 5.01. The summed E-state index contributed by atoms with van der Waals surface area (Å²) in [7, 11) is 0. The van der Waals surface area contributed by atoms with Crippen LogP contribution in [0.1, 0.15) is 41.3 Å². The average molecular weight is 370 g/mol. The van der Waals surface area contributed by atoms with Gasteiger partial charge < -0.3 is 0 Å². The third kappa shape index (κ3) is 3.87. The summed E-state index contributed by atoms with van der Waals surface area (Å²) >= 11 is 0. The molecule has 4 rings (SSSR count). The van der Waals surface area contributed by atoms with E-state index >= 15 is 0 Å². The summed E-state index contributed by atoms with van der Waals surface area (Å²) in [6.45, 7) is 5.66. The number of carbonyl (C=O) groups excluding carboxylic acids is 1. The monoisotopic (exact) mass is 369 g/mol. The number of ketones is 1. The van der Waals surface area contributed by atoms with Crippen molar-refractivity contribution in [2.45, 2.75) is 32.7 Å². The first-order chi connectivity index (χ1) is 12.2. The first-order valence-corrected chi connectivity index (χ1v) is 9.61. The molecule has 0 N–H and O–H groups in total. The molecule has 138 valence electrons. The largest absolute Gasteiger partial charge is 0.299 e. The lowest BCUT2D eigenvalue weighted by atomic mass is 9.76. The first kappa shape index (κ1) is 19.1. The fraction of sp³-hybridized carbons (Fsp3) is 0.435. The lowest BCUT2D eigenvalue weighted by molar-refractivity contribution is 0.0796. The molecule has 0 saturated carbocycles. The highest BCUT2D eigenvalue weighted by atomic mass is 35.5. The molecule has 2 aromatic carbocycles. The maximum absolute atomic E-state index is 12.8. The lowest BCUT2D eigenvalue weighted by Gasteiger charge is -2.36. The van der Waals surface area contributed by atoms with E-state index in [0.717, 1.165) is 31.6 Å². The van der Waals surface area contributed by atoms with Crippen LogP contribution in [0.3, 0.4) is 0 Å². The van der Waals surface area contributed by atoms with E-state index in [0.29, 0.717) is 17.6 Å². The minimum Gasteiger partial charge on any atom is -0.299 e. The Morgan fingerprint density at radius 3 is 2.35 bits per heavy atom. The van der Waals surface area contributed by atoms with E-state index in [1.807, 2.05) is 12.1 Å². The molecule has 2 aromatic rings. The van der Waals surface area contributed by atoms with Gasteiger partial charge in [0.2, 0.25) is 0 Å². The van der Waals surface area contributed by atoms with Gasteiger partial charge in [0.15, 0.2) is 5.78 Å². The van der Waals surface area contributed by atoms with E-state index < -0.39 is 0 Å².